The molecule has 1 aromatic carbocycles. The number of pyridine rings is 1. The molecule has 0 unspecified atom stereocenters. The molecule has 26 heavy (non-hydrogen) atoms. The van der Waals surface area contributed by atoms with Gasteiger partial charge in [-0.05, 0) is 38.1 Å². The predicted molar refractivity (Wildman–Crippen MR) is 99.5 cm³/mol. The number of imidazole rings is 1. The average Bonchev–Trinajstić information content (AvgIpc) is 3.00. The minimum atomic E-state index is 0.485. The molecule has 0 aliphatic rings. The van der Waals surface area contributed by atoms with Crippen LogP contribution in [-0.4, -0.2) is 26.5 Å². The minimum absolute atomic E-state index is 0.485. The monoisotopic (exact) mass is 363 g/mol. The lowest BCUT2D eigenvalue weighted by molar-refractivity contribution is 0.399. The van der Waals surface area contributed by atoms with Gasteiger partial charge in [-0.1, -0.05) is 11.6 Å². The number of rotatable bonds is 2. The maximum Gasteiger partial charge on any atom is 0.215 e. The van der Waals surface area contributed by atoms with E-state index in [2.05, 4.69) is 16.0 Å². The van der Waals surface area contributed by atoms with Gasteiger partial charge in [0.2, 0.25) is 5.88 Å². The van der Waals surface area contributed by atoms with Crippen molar-refractivity contribution in [3.8, 4) is 23.3 Å². The Hall–Kier alpha value is -3.17. The van der Waals surface area contributed by atoms with Crippen molar-refractivity contribution in [1.29, 1.82) is 5.26 Å². The van der Waals surface area contributed by atoms with Crippen LogP contribution in [0.1, 0.15) is 17.0 Å². The van der Waals surface area contributed by atoms with Gasteiger partial charge >= 0.3 is 0 Å². The highest BCUT2D eigenvalue weighted by atomic mass is 35.5. The Bertz CT molecular complexity index is 1220. The summed E-state index contributed by atoms with van der Waals surface area (Å²) in [6.45, 7) is 3.85. The van der Waals surface area contributed by atoms with Crippen LogP contribution in [0.2, 0.25) is 5.02 Å². The van der Waals surface area contributed by atoms with Gasteiger partial charge in [-0.3, -0.25) is 4.40 Å². The van der Waals surface area contributed by atoms with Crippen LogP contribution in [0.4, 0.5) is 0 Å². The Kier molecular flexibility index (Phi) is 3.74. The maximum absolute atomic E-state index is 9.24. The zero-order chi connectivity index (χ0) is 18.4. The van der Waals surface area contributed by atoms with Crippen molar-refractivity contribution < 1.29 is 4.74 Å². The quantitative estimate of drug-likeness (QED) is 0.536. The molecular weight excluding hydrogens is 350 g/mol. The number of halogens is 1. The van der Waals surface area contributed by atoms with Gasteiger partial charge in [-0.25, -0.2) is 9.97 Å². The maximum atomic E-state index is 9.24. The summed E-state index contributed by atoms with van der Waals surface area (Å²) in [5.41, 5.74) is 5.06. The van der Waals surface area contributed by atoms with Crippen LogP contribution in [0.5, 0.6) is 5.88 Å². The molecule has 0 N–H and O–H groups in total. The zero-order valence-corrected chi connectivity index (χ0v) is 15.2. The Balaban J connectivity index is 2.19. The van der Waals surface area contributed by atoms with E-state index in [1.54, 1.807) is 31.4 Å². The van der Waals surface area contributed by atoms with Gasteiger partial charge in [0.1, 0.15) is 11.3 Å². The molecule has 0 radical (unpaired) electrons. The summed E-state index contributed by atoms with van der Waals surface area (Å²) in [5, 5.41) is 9.76. The van der Waals surface area contributed by atoms with E-state index >= 15 is 0 Å². The smallest absolute Gasteiger partial charge is 0.215 e. The third-order valence-electron chi connectivity index (χ3n) is 4.27. The molecule has 3 heterocycles. The highest BCUT2D eigenvalue weighted by Gasteiger charge is 2.19. The molecule has 4 aromatic rings. The van der Waals surface area contributed by atoms with E-state index in [-0.39, 0.29) is 0 Å². The number of ether oxygens (including phenoxy) is 1. The van der Waals surface area contributed by atoms with Crippen LogP contribution in [0.3, 0.4) is 0 Å². The number of aromatic nitrogens is 4. The summed E-state index contributed by atoms with van der Waals surface area (Å²) in [5.74, 6) is 1.11. The van der Waals surface area contributed by atoms with Crippen molar-refractivity contribution in [3.63, 3.8) is 0 Å². The van der Waals surface area contributed by atoms with Crippen LogP contribution < -0.4 is 4.74 Å². The molecule has 0 spiro atoms. The minimum Gasteiger partial charge on any atom is -0.481 e. The van der Waals surface area contributed by atoms with Crippen LogP contribution >= 0.6 is 11.6 Å². The molecule has 0 amide bonds. The molecule has 128 valence electrons. The second-order valence-corrected chi connectivity index (χ2v) is 6.31. The van der Waals surface area contributed by atoms with Gasteiger partial charge in [0.25, 0.3) is 0 Å². The molecule has 0 aliphatic heterocycles. The third-order valence-corrected chi connectivity index (χ3v) is 4.60. The van der Waals surface area contributed by atoms with E-state index in [0.29, 0.717) is 33.5 Å². The number of methoxy groups -OCH3 is 1. The topological polar surface area (TPSA) is 76.1 Å². The molecule has 7 heteroatoms. The second-order valence-electron chi connectivity index (χ2n) is 5.90. The Morgan fingerprint density at radius 2 is 1.85 bits per heavy atom. The van der Waals surface area contributed by atoms with E-state index in [9.17, 15) is 5.26 Å². The van der Waals surface area contributed by atoms with Gasteiger partial charge in [0.15, 0.2) is 5.65 Å². The molecule has 3 aromatic heterocycles. The Morgan fingerprint density at radius 1 is 1.08 bits per heavy atom. The number of hydrogen-bond acceptors (Lipinski definition) is 5. The summed E-state index contributed by atoms with van der Waals surface area (Å²) in [6, 6.07) is 10.9. The fraction of sp³-hybridized carbons (Fsp3) is 0.158. The number of nitrogens with zero attached hydrogens (tertiary/aromatic N) is 5. The van der Waals surface area contributed by atoms with Crippen molar-refractivity contribution in [2.24, 2.45) is 0 Å². The predicted octanol–water partition coefficient (Wildman–Crippen LogP) is 4.10. The summed E-state index contributed by atoms with van der Waals surface area (Å²) in [7, 11) is 1.57. The SMILES string of the molecule is COc1ccc2nc(C)c3c(C)nc(-c4cc(C#N)ccc4Cl)n3c2n1. The van der Waals surface area contributed by atoms with E-state index < -0.39 is 0 Å². The number of fused-ring (bicyclic) bond motifs is 3. The van der Waals surface area contributed by atoms with Crippen molar-refractivity contribution in [3.05, 3.63) is 52.3 Å². The van der Waals surface area contributed by atoms with Crippen molar-refractivity contribution >= 4 is 28.3 Å². The van der Waals surface area contributed by atoms with Gasteiger partial charge in [-0.15, -0.1) is 0 Å². The normalized spacial score (nSPS) is 11.0. The number of aryl methyl sites for hydroxylation is 2. The third kappa shape index (κ3) is 2.37. The van der Waals surface area contributed by atoms with E-state index in [1.807, 2.05) is 24.3 Å². The van der Waals surface area contributed by atoms with Gasteiger partial charge in [0, 0.05) is 11.6 Å². The van der Waals surface area contributed by atoms with Gasteiger partial charge < -0.3 is 4.74 Å². The van der Waals surface area contributed by atoms with E-state index in [1.165, 1.54) is 0 Å². The van der Waals surface area contributed by atoms with Crippen molar-refractivity contribution in [2.45, 2.75) is 13.8 Å². The largest absolute Gasteiger partial charge is 0.481 e. The fourth-order valence-corrected chi connectivity index (χ4v) is 3.33. The summed E-state index contributed by atoms with van der Waals surface area (Å²) < 4.78 is 7.20. The fourth-order valence-electron chi connectivity index (χ4n) is 3.13. The van der Waals surface area contributed by atoms with Crippen LogP contribution in [0.25, 0.3) is 28.1 Å². The van der Waals surface area contributed by atoms with Gasteiger partial charge in [-0.2, -0.15) is 10.2 Å². The van der Waals surface area contributed by atoms with Gasteiger partial charge in [0.05, 0.1) is 40.7 Å². The second kappa shape index (κ2) is 5.97. The molecule has 6 nitrogen and oxygen atoms in total. The molecule has 0 atom stereocenters. The first-order valence-electron chi connectivity index (χ1n) is 7.94. The molecule has 0 fully saturated rings. The highest BCUT2D eigenvalue weighted by molar-refractivity contribution is 6.33. The van der Waals surface area contributed by atoms with E-state index in [4.69, 9.17) is 21.3 Å². The number of hydrogen-bond donors (Lipinski definition) is 0. The lowest BCUT2D eigenvalue weighted by atomic mass is 10.1. The molecule has 0 saturated carbocycles. The first-order valence-corrected chi connectivity index (χ1v) is 8.31. The van der Waals surface area contributed by atoms with Crippen molar-refractivity contribution in [2.75, 3.05) is 7.11 Å². The van der Waals surface area contributed by atoms with Crippen LogP contribution in [0.15, 0.2) is 30.3 Å². The standard InChI is InChI=1S/C19H14ClN5O/c1-10-17-11(2)23-18(13-8-12(9-21)4-5-14(13)20)25(17)19-15(22-10)6-7-16(24-19)26-3/h4-8H,1-3H3. The van der Waals surface area contributed by atoms with Crippen LogP contribution in [0, 0.1) is 25.2 Å². The zero-order valence-electron chi connectivity index (χ0n) is 14.4. The molecule has 4 rings (SSSR count). The lowest BCUT2D eigenvalue weighted by Gasteiger charge is -2.09. The summed E-state index contributed by atoms with van der Waals surface area (Å²) >= 11 is 6.42. The molecule has 0 bridgehead atoms. The Labute approximate surface area is 154 Å². The van der Waals surface area contributed by atoms with Crippen molar-refractivity contribution in [1.82, 2.24) is 19.4 Å². The molecule has 0 saturated heterocycles. The Morgan fingerprint density at radius 3 is 2.58 bits per heavy atom. The first kappa shape index (κ1) is 16.3. The van der Waals surface area contributed by atoms with Crippen LogP contribution in [-0.2, 0) is 0 Å². The molecular formula is C19H14ClN5O. The first-order chi connectivity index (χ1) is 12.5. The summed E-state index contributed by atoms with van der Waals surface area (Å²) in [6.07, 6.45) is 0. The van der Waals surface area contributed by atoms with E-state index in [0.717, 1.165) is 22.4 Å². The average molecular weight is 364 g/mol. The lowest BCUT2D eigenvalue weighted by Crippen LogP contribution is -2.01. The molecule has 0 aliphatic carbocycles. The number of nitriles is 1. The number of benzene rings is 1. The highest BCUT2D eigenvalue weighted by Crippen LogP contribution is 2.32. The summed E-state index contributed by atoms with van der Waals surface area (Å²) in [4.78, 5) is 13.9.